The zero-order valence-corrected chi connectivity index (χ0v) is 14.5. The second-order valence-electron chi connectivity index (χ2n) is 6.37. The van der Waals surface area contributed by atoms with E-state index in [9.17, 15) is 4.79 Å². The first-order valence-electron chi connectivity index (χ1n) is 8.50. The van der Waals surface area contributed by atoms with E-state index < -0.39 is 0 Å². The van der Waals surface area contributed by atoms with Gasteiger partial charge in [-0.1, -0.05) is 33.6 Å². The summed E-state index contributed by atoms with van der Waals surface area (Å²) in [5.41, 5.74) is 5.50. The van der Waals surface area contributed by atoms with Crippen LogP contribution >= 0.6 is 0 Å². The summed E-state index contributed by atoms with van der Waals surface area (Å²) in [5, 5.41) is 18.2. The molecule has 0 aromatic carbocycles. The molecule has 0 aliphatic heterocycles. The summed E-state index contributed by atoms with van der Waals surface area (Å²) in [6.45, 7) is 8.15. The lowest BCUT2D eigenvalue weighted by atomic mass is 9.70. The van der Waals surface area contributed by atoms with Gasteiger partial charge in [-0.2, -0.15) is 10.5 Å². The monoisotopic (exact) mass is 305 g/mol. The summed E-state index contributed by atoms with van der Waals surface area (Å²) in [6, 6.07) is 4.60. The average Bonchev–Trinajstić information content (AvgIpc) is 2.51. The normalized spacial score (nSPS) is 17.5. The van der Waals surface area contributed by atoms with Crippen molar-refractivity contribution >= 4 is 5.91 Å². The molecule has 0 spiro atoms. The van der Waals surface area contributed by atoms with Gasteiger partial charge in [0.15, 0.2) is 0 Å². The highest BCUT2D eigenvalue weighted by atomic mass is 16.1. The van der Waals surface area contributed by atoms with Crippen LogP contribution in [-0.2, 0) is 4.79 Å². The smallest absolute Gasteiger partial charge is 0.220 e. The van der Waals surface area contributed by atoms with Gasteiger partial charge in [-0.3, -0.25) is 4.79 Å². The molecule has 0 bridgehead atoms. The minimum atomic E-state index is -0.235. The fraction of sp³-hybridized carbons (Fsp3) is 0.833. The zero-order chi connectivity index (χ0) is 17.1. The van der Waals surface area contributed by atoms with Gasteiger partial charge in [0.25, 0.3) is 0 Å². The van der Waals surface area contributed by atoms with Crippen LogP contribution in [0.2, 0.25) is 0 Å². The number of carbonyl (C=O) groups excluding carboxylic acids is 1. The van der Waals surface area contributed by atoms with Crippen molar-refractivity contribution in [3.8, 4) is 12.1 Å². The molecule has 22 heavy (non-hydrogen) atoms. The Bertz CT molecular complexity index is 408. The van der Waals surface area contributed by atoms with Gasteiger partial charge < -0.3 is 5.73 Å². The van der Waals surface area contributed by atoms with Crippen LogP contribution in [0.1, 0.15) is 66.2 Å². The van der Waals surface area contributed by atoms with Gasteiger partial charge in [0, 0.05) is 18.3 Å². The Morgan fingerprint density at radius 3 is 2.00 bits per heavy atom. The molecule has 1 amide bonds. The van der Waals surface area contributed by atoms with E-state index in [4.69, 9.17) is 16.3 Å². The second-order valence-corrected chi connectivity index (χ2v) is 6.37. The maximum Gasteiger partial charge on any atom is 0.220 e. The Morgan fingerprint density at radius 1 is 1.05 bits per heavy atom. The molecule has 0 saturated carbocycles. The first-order chi connectivity index (χ1) is 10.4. The molecule has 0 radical (unpaired) electrons. The Balaban J connectivity index is 5.26. The van der Waals surface area contributed by atoms with E-state index in [1.165, 1.54) is 0 Å². The fourth-order valence-electron chi connectivity index (χ4n) is 3.44. The number of amides is 1. The molecule has 2 N–H and O–H groups in total. The van der Waals surface area contributed by atoms with Crippen LogP contribution in [0, 0.1) is 52.3 Å². The predicted octanol–water partition coefficient (Wildman–Crippen LogP) is 4.02. The molecular formula is C18H31N3O. The number of nitrogens with two attached hydrogens (primary N) is 1. The molecule has 5 unspecified atom stereocenters. The maximum atomic E-state index is 11.6. The van der Waals surface area contributed by atoms with Crippen molar-refractivity contribution in [2.24, 2.45) is 35.3 Å². The highest BCUT2D eigenvalue weighted by Crippen LogP contribution is 2.37. The molecule has 0 aromatic rings. The fourth-order valence-corrected chi connectivity index (χ4v) is 3.44. The Labute approximate surface area is 135 Å². The SMILES string of the molecule is CCC(CC(CC)C(CC(C)C#N)C(CC)CC#N)C(N)=O. The molecule has 4 nitrogen and oxygen atoms in total. The first-order valence-corrected chi connectivity index (χ1v) is 8.50. The Hall–Kier alpha value is -1.55. The number of rotatable bonds is 11. The third kappa shape index (κ3) is 6.48. The van der Waals surface area contributed by atoms with Gasteiger partial charge in [-0.15, -0.1) is 0 Å². The topological polar surface area (TPSA) is 90.7 Å². The summed E-state index contributed by atoms with van der Waals surface area (Å²) >= 11 is 0. The molecule has 0 aromatic heterocycles. The lowest BCUT2D eigenvalue weighted by Crippen LogP contribution is -2.31. The summed E-state index contributed by atoms with van der Waals surface area (Å²) in [6.07, 6.45) is 4.72. The van der Waals surface area contributed by atoms with Crippen LogP contribution in [0.4, 0.5) is 0 Å². The van der Waals surface area contributed by atoms with Crippen molar-refractivity contribution in [3.05, 3.63) is 0 Å². The molecule has 0 aliphatic rings. The molecule has 0 saturated heterocycles. The van der Waals surface area contributed by atoms with Crippen molar-refractivity contribution in [2.45, 2.75) is 66.2 Å². The number of hydrogen-bond donors (Lipinski definition) is 1. The van der Waals surface area contributed by atoms with Gasteiger partial charge >= 0.3 is 0 Å². The number of nitrogens with zero attached hydrogens (tertiary/aromatic N) is 2. The van der Waals surface area contributed by atoms with Crippen LogP contribution < -0.4 is 5.73 Å². The van der Waals surface area contributed by atoms with Crippen LogP contribution in [0.15, 0.2) is 0 Å². The Morgan fingerprint density at radius 2 is 1.64 bits per heavy atom. The lowest BCUT2D eigenvalue weighted by Gasteiger charge is -2.34. The molecule has 0 heterocycles. The summed E-state index contributed by atoms with van der Waals surface area (Å²) < 4.78 is 0. The number of primary amides is 1. The molecule has 0 fully saturated rings. The predicted molar refractivity (Wildman–Crippen MR) is 88.3 cm³/mol. The summed E-state index contributed by atoms with van der Waals surface area (Å²) in [7, 11) is 0. The molecule has 0 rings (SSSR count). The minimum Gasteiger partial charge on any atom is -0.369 e. The van der Waals surface area contributed by atoms with Crippen molar-refractivity contribution in [1.29, 1.82) is 10.5 Å². The van der Waals surface area contributed by atoms with Crippen molar-refractivity contribution in [3.63, 3.8) is 0 Å². The third-order valence-corrected chi connectivity index (χ3v) is 4.94. The van der Waals surface area contributed by atoms with E-state index in [-0.39, 0.29) is 23.7 Å². The zero-order valence-electron chi connectivity index (χ0n) is 14.5. The van der Waals surface area contributed by atoms with E-state index in [1.807, 2.05) is 13.8 Å². The Kier molecular flexibility index (Phi) is 10.3. The molecular weight excluding hydrogens is 274 g/mol. The standard InChI is InChI=1S/C18H31N3O/c1-5-14(8-9-19)17(10-13(4)12-20)15(6-2)11-16(7-3)18(21)22/h13-17H,5-8,10-11H2,1-4H3,(H2,21,22). The van der Waals surface area contributed by atoms with Crippen molar-refractivity contribution in [1.82, 2.24) is 0 Å². The van der Waals surface area contributed by atoms with Gasteiger partial charge in [-0.25, -0.2) is 0 Å². The van der Waals surface area contributed by atoms with Crippen LogP contribution in [0.5, 0.6) is 0 Å². The van der Waals surface area contributed by atoms with Crippen LogP contribution in [0.25, 0.3) is 0 Å². The molecule has 5 atom stereocenters. The van der Waals surface area contributed by atoms with Gasteiger partial charge in [-0.05, 0) is 43.9 Å². The van der Waals surface area contributed by atoms with E-state index in [0.29, 0.717) is 18.3 Å². The number of carbonyl (C=O) groups is 1. The van der Waals surface area contributed by atoms with Crippen molar-refractivity contribution < 1.29 is 4.79 Å². The molecule has 4 heteroatoms. The third-order valence-electron chi connectivity index (χ3n) is 4.94. The highest BCUT2D eigenvalue weighted by Gasteiger charge is 2.31. The van der Waals surface area contributed by atoms with E-state index in [2.05, 4.69) is 26.0 Å². The highest BCUT2D eigenvalue weighted by molar-refractivity contribution is 5.76. The number of hydrogen-bond acceptors (Lipinski definition) is 3. The van der Waals surface area contributed by atoms with Crippen LogP contribution in [-0.4, -0.2) is 5.91 Å². The maximum absolute atomic E-state index is 11.6. The van der Waals surface area contributed by atoms with Gasteiger partial charge in [0.2, 0.25) is 5.91 Å². The average molecular weight is 305 g/mol. The summed E-state index contributed by atoms with van der Waals surface area (Å²) in [5.74, 6) is 0.562. The molecule has 0 aliphatic carbocycles. The van der Waals surface area contributed by atoms with Crippen molar-refractivity contribution in [2.75, 3.05) is 0 Å². The van der Waals surface area contributed by atoms with E-state index in [1.54, 1.807) is 0 Å². The summed E-state index contributed by atoms with van der Waals surface area (Å²) in [4.78, 5) is 11.6. The van der Waals surface area contributed by atoms with Crippen LogP contribution in [0.3, 0.4) is 0 Å². The minimum absolute atomic E-state index is 0.0274. The lowest BCUT2D eigenvalue weighted by molar-refractivity contribution is -0.122. The number of nitriles is 2. The molecule has 124 valence electrons. The van der Waals surface area contributed by atoms with E-state index in [0.717, 1.165) is 32.1 Å². The first kappa shape index (κ1) is 20.5. The largest absolute Gasteiger partial charge is 0.369 e. The van der Waals surface area contributed by atoms with Gasteiger partial charge in [0.05, 0.1) is 12.1 Å². The van der Waals surface area contributed by atoms with Gasteiger partial charge in [0.1, 0.15) is 0 Å². The van der Waals surface area contributed by atoms with E-state index >= 15 is 0 Å². The quantitative estimate of drug-likeness (QED) is 0.625. The second kappa shape index (κ2) is 11.1.